The van der Waals surface area contributed by atoms with Crippen LogP contribution >= 0.6 is 15.9 Å². The van der Waals surface area contributed by atoms with Crippen molar-refractivity contribution in [3.05, 3.63) is 23.8 Å². The highest BCUT2D eigenvalue weighted by atomic mass is 79.9. The van der Waals surface area contributed by atoms with Gasteiger partial charge in [-0.2, -0.15) is 0 Å². The van der Waals surface area contributed by atoms with E-state index in [0.717, 1.165) is 23.8 Å². The smallest absolute Gasteiger partial charge is 0.160 e. The topological polar surface area (TPSA) is 18.5 Å². The number of methoxy groups -OCH3 is 2. The summed E-state index contributed by atoms with van der Waals surface area (Å²) in [5.74, 6) is 2.35. The van der Waals surface area contributed by atoms with Gasteiger partial charge >= 0.3 is 0 Å². The van der Waals surface area contributed by atoms with Crippen molar-refractivity contribution in [2.24, 2.45) is 5.92 Å². The Morgan fingerprint density at radius 1 is 1.00 bits per heavy atom. The third kappa shape index (κ3) is 5.01. The zero-order valence-electron chi connectivity index (χ0n) is 13.1. The molecular formula is C17H27BrO2. The standard InChI is InChI=1S/C17H27BrO2/c1-5-7-14(8-6-2)15(18)11-13-9-10-16(19-3)17(12-13)20-4/h9-10,12,14-15H,5-8,11H2,1-4H3. The van der Waals surface area contributed by atoms with Crippen molar-refractivity contribution < 1.29 is 9.47 Å². The second-order valence-electron chi connectivity index (χ2n) is 5.25. The summed E-state index contributed by atoms with van der Waals surface area (Å²) in [6.07, 6.45) is 6.11. The number of rotatable bonds is 9. The van der Waals surface area contributed by atoms with E-state index in [1.807, 2.05) is 6.07 Å². The lowest BCUT2D eigenvalue weighted by atomic mass is 9.91. The SMILES string of the molecule is CCCC(CCC)C(Br)Cc1ccc(OC)c(OC)c1. The van der Waals surface area contributed by atoms with Gasteiger partial charge in [0, 0.05) is 4.83 Å². The number of alkyl halides is 1. The second kappa shape index (κ2) is 9.28. The summed E-state index contributed by atoms with van der Waals surface area (Å²) < 4.78 is 10.7. The molecule has 0 amide bonds. The van der Waals surface area contributed by atoms with Gasteiger partial charge in [0.1, 0.15) is 0 Å². The number of hydrogen-bond donors (Lipinski definition) is 0. The number of ether oxygens (including phenoxy) is 2. The maximum atomic E-state index is 5.37. The Labute approximate surface area is 132 Å². The van der Waals surface area contributed by atoms with Crippen LogP contribution in [0.25, 0.3) is 0 Å². The molecule has 0 bridgehead atoms. The van der Waals surface area contributed by atoms with Crippen molar-refractivity contribution in [2.45, 2.75) is 50.8 Å². The first-order valence-corrected chi connectivity index (χ1v) is 8.42. The number of halogens is 1. The van der Waals surface area contributed by atoms with E-state index in [4.69, 9.17) is 9.47 Å². The van der Waals surface area contributed by atoms with Crippen molar-refractivity contribution in [2.75, 3.05) is 14.2 Å². The van der Waals surface area contributed by atoms with Crippen molar-refractivity contribution >= 4 is 15.9 Å². The minimum Gasteiger partial charge on any atom is -0.493 e. The fourth-order valence-corrected chi connectivity index (χ4v) is 3.55. The molecule has 3 heteroatoms. The minimum absolute atomic E-state index is 0.528. The molecule has 1 atom stereocenters. The first-order valence-electron chi connectivity index (χ1n) is 7.51. The van der Waals surface area contributed by atoms with Gasteiger partial charge in [-0.1, -0.05) is 48.7 Å². The van der Waals surface area contributed by atoms with Gasteiger partial charge in [-0.3, -0.25) is 0 Å². The Balaban J connectivity index is 2.75. The Bertz CT molecular complexity index is 387. The van der Waals surface area contributed by atoms with Gasteiger partial charge in [-0.05, 0) is 42.9 Å². The molecule has 0 saturated heterocycles. The summed E-state index contributed by atoms with van der Waals surface area (Å²) in [6.45, 7) is 4.53. The van der Waals surface area contributed by atoms with E-state index in [-0.39, 0.29) is 0 Å². The molecule has 0 radical (unpaired) electrons. The predicted molar refractivity (Wildman–Crippen MR) is 89.3 cm³/mol. The van der Waals surface area contributed by atoms with Gasteiger partial charge in [-0.15, -0.1) is 0 Å². The average Bonchev–Trinajstić information content (AvgIpc) is 2.46. The Morgan fingerprint density at radius 2 is 1.60 bits per heavy atom. The minimum atomic E-state index is 0.528. The van der Waals surface area contributed by atoms with Crippen LogP contribution in [0, 0.1) is 5.92 Å². The molecule has 1 unspecified atom stereocenters. The van der Waals surface area contributed by atoms with Crippen molar-refractivity contribution in [1.29, 1.82) is 0 Å². The summed E-state index contributed by atoms with van der Waals surface area (Å²) >= 11 is 3.89. The summed E-state index contributed by atoms with van der Waals surface area (Å²) in [4.78, 5) is 0.528. The molecule has 0 aliphatic heterocycles. The molecule has 0 N–H and O–H groups in total. The van der Waals surface area contributed by atoms with Crippen LogP contribution in [0.5, 0.6) is 11.5 Å². The number of benzene rings is 1. The quantitative estimate of drug-likeness (QED) is 0.572. The third-order valence-corrected chi connectivity index (χ3v) is 4.78. The zero-order chi connectivity index (χ0) is 15.0. The van der Waals surface area contributed by atoms with Gasteiger partial charge < -0.3 is 9.47 Å². The summed E-state index contributed by atoms with van der Waals surface area (Å²) in [5, 5.41) is 0. The molecule has 0 spiro atoms. The summed E-state index contributed by atoms with van der Waals surface area (Å²) in [5.41, 5.74) is 1.29. The van der Waals surface area contributed by atoms with E-state index >= 15 is 0 Å². The van der Waals surface area contributed by atoms with E-state index in [2.05, 4.69) is 41.9 Å². The molecule has 1 rings (SSSR count). The van der Waals surface area contributed by atoms with Gasteiger partial charge in [0.25, 0.3) is 0 Å². The molecule has 1 aromatic carbocycles. The maximum absolute atomic E-state index is 5.37. The maximum Gasteiger partial charge on any atom is 0.160 e. The highest BCUT2D eigenvalue weighted by Gasteiger charge is 2.18. The van der Waals surface area contributed by atoms with Gasteiger partial charge in [0.05, 0.1) is 14.2 Å². The molecule has 0 fully saturated rings. The van der Waals surface area contributed by atoms with Crippen LogP contribution in [0.15, 0.2) is 18.2 Å². The second-order valence-corrected chi connectivity index (χ2v) is 6.42. The molecule has 1 aromatic rings. The Morgan fingerprint density at radius 3 is 2.10 bits per heavy atom. The predicted octanol–water partition coefficient (Wildman–Crippen LogP) is 5.23. The molecule has 0 aromatic heterocycles. The van der Waals surface area contributed by atoms with E-state index in [1.54, 1.807) is 14.2 Å². The molecular weight excluding hydrogens is 316 g/mol. The van der Waals surface area contributed by atoms with Crippen molar-refractivity contribution in [3.8, 4) is 11.5 Å². The molecule has 20 heavy (non-hydrogen) atoms. The van der Waals surface area contributed by atoms with Crippen LogP contribution in [-0.4, -0.2) is 19.0 Å². The lowest BCUT2D eigenvalue weighted by Gasteiger charge is -2.22. The van der Waals surface area contributed by atoms with Crippen LogP contribution in [-0.2, 0) is 6.42 Å². The van der Waals surface area contributed by atoms with Gasteiger partial charge in [0.2, 0.25) is 0 Å². The molecule has 114 valence electrons. The lowest BCUT2D eigenvalue weighted by Crippen LogP contribution is -2.17. The molecule has 2 nitrogen and oxygen atoms in total. The number of hydrogen-bond acceptors (Lipinski definition) is 2. The summed E-state index contributed by atoms with van der Waals surface area (Å²) in [6, 6.07) is 6.20. The largest absolute Gasteiger partial charge is 0.493 e. The molecule has 0 heterocycles. The molecule has 0 aliphatic carbocycles. The summed E-state index contributed by atoms with van der Waals surface area (Å²) in [7, 11) is 3.35. The van der Waals surface area contributed by atoms with E-state index in [0.29, 0.717) is 4.83 Å². The van der Waals surface area contributed by atoms with Gasteiger partial charge in [-0.25, -0.2) is 0 Å². The normalized spacial score (nSPS) is 12.5. The van der Waals surface area contributed by atoms with Crippen LogP contribution in [0.2, 0.25) is 0 Å². The van der Waals surface area contributed by atoms with E-state index in [1.165, 1.54) is 31.2 Å². The highest BCUT2D eigenvalue weighted by molar-refractivity contribution is 9.09. The van der Waals surface area contributed by atoms with Crippen LogP contribution < -0.4 is 9.47 Å². The highest BCUT2D eigenvalue weighted by Crippen LogP contribution is 2.31. The van der Waals surface area contributed by atoms with E-state index in [9.17, 15) is 0 Å². The van der Waals surface area contributed by atoms with Crippen molar-refractivity contribution in [3.63, 3.8) is 0 Å². The Hall–Kier alpha value is -0.700. The monoisotopic (exact) mass is 342 g/mol. The van der Waals surface area contributed by atoms with Crippen molar-refractivity contribution in [1.82, 2.24) is 0 Å². The van der Waals surface area contributed by atoms with Crippen LogP contribution in [0.3, 0.4) is 0 Å². The molecule has 0 aliphatic rings. The zero-order valence-corrected chi connectivity index (χ0v) is 14.7. The van der Waals surface area contributed by atoms with Crippen LogP contribution in [0.4, 0.5) is 0 Å². The first-order chi connectivity index (χ1) is 9.65. The van der Waals surface area contributed by atoms with Crippen LogP contribution in [0.1, 0.15) is 45.1 Å². The first kappa shape index (κ1) is 17.4. The Kier molecular flexibility index (Phi) is 8.05. The fraction of sp³-hybridized carbons (Fsp3) is 0.647. The average molecular weight is 343 g/mol. The van der Waals surface area contributed by atoms with Gasteiger partial charge in [0.15, 0.2) is 11.5 Å². The fourth-order valence-electron chi connectivity index (χ4n) is 2.65. The third-order valence-electron chi connectivity index (χ3n) is 3.71. The van der Waals surface area contributed by atoms with E-state index < -0.39 is 0 Å². The molecule has 0 saturated carbocycles. The lowest BCUT2D eigenvalue weighted by molar-refractivity contribution is 0.354.